The molecule has 2 rings (SSSR count). The highest BCUT2D eigenvalue weighted by molar-refractivity contribution is 4.87. The minimum Gasteiger partial charge on any atom is -0.314 e. The molecule has 3 unspecified atom stereocenters. The highest BCUT2D eigenvalue weighted by Crippen LogP contribution is 2.36. The van der Waals surface area contributed by atoms with E-state index in [1.54, 1.807) is 0 Å². The molecular weight excluding hydrogens is 158 g/mol. The van der Waals surface area contributed by atoms with E-state index in [9.17, 15) is 0 Å². The van der Waals surface area contributed by atoms with Crippen LogP contribution in [-0.4, -0.2) is 12.6 Å². The Labute approximate surface area is 82.3 Å². The summed E-state index contributed by atoms with van der Waals surface area (Å²) in [5, 5.41) is 3.71. The largest absolute Gasteiger partial charge is 0.314 e. The molecule has 1 saturated carbocycles. The van der Waals surface area contributed by atoms with Crippen molar-refractivity contribution in [3.8, 4) is 0 Å². The summed E-state index contributed by atoms with van der Waals surface area (Å²) in [4.78, 5) is 0. The van der Waals surface area contributed by atoms with Crippen molar-refractivity contribution in [2.45, 2.75) is 52.0 Å². The number of rotatable bonds is 0. The molecule has 1 aliphatic heterocycles. The van der Waals surface area contributed by atoms with Crippen molar-refractivity contribution < 1.29 is 0 Å². The van der Waals surface area contributed by atoms with Gasteiger partial charge < -0.3 is 5.32 Å². The molecule has 0 aromatic heterocycles. The predicted octanol–water partition coefficient (Wildman–Crippen LogP) is 2.81. The van der Waals surface area contributed by atoms with Gasteiger partial charge in [0.25, 0.3) is 0 Å². The summed E-state index contributed by atoms with van der Waals surface area (Å²) in [6.07, 6.45) is 7.21. The van der Waals surface area contributed by atoms with Gasteiger partial charge in [-0.25, -0.2) is 0 Å². The van der Waals surface area contributed by atoms with Crippen LogP contribution in [0.1, 0.15) is 46.0 Å². The summed E-state index contributed by atoms with van der Waals surface area (Å²) in [5.74, 6) is 2.90. The van der Waals surface area contributed by atoms with Gasteiger partial charge in [-0.2, -0.15) is 0 Å². The van der Waals surface area contributed by atoms with E-state index in [4.69, 9.17) is 0 Å². The van der Waals surface area contributed by atoms with Gasteiger partial charge in [0.15, 0.2) is 0 Å². The monoisotopic (exact) mass is 181 g/mol. The minimum atomic E-state index is 0.855. The fraction of sp³-hybridized carbons (Fsp3) is 1.00. The molecule has 0 aromatic carbocycles. The zero-order valence-electron chi connectivity index (χ0n) is 9.05. The van der Waals surface area contributed by atoms with Crippen LogP contribution in [0.3, 0.4) is 0 Å². The van der Waals surface area contributed by atoms with Gasteiger partial charge in [-0.05, 0) is 56.4 Å². The van der Waals surface area contributed by atoms with E-state index in [1.807, 2.05) is 0 Å². The Morgan fingerprint density at radius 3 is 2.77 bits per heavy atom. The second-order valence-electron chi connectivity index (χ2n) is 5.26. The maximum Gasteiger partial charge on any atom is 0.00979 e. The number of piperidine rings is 1. The molecule has 76 valence electrons. The molecule has 0 aromatic rings. The summed E-state index contributed by atoms with van der Waals surface area (Å²) < 4.78 is 0. The summed E-state index contributed by atoms with van der Waals surface area (Å²) in [5.41, 5.74) is 0. The molecule has 1 heterocycles. The first-order valence-corrected chi connectivity index (χ1v) is 6.00. The highest BCUT2D eigenvalue weighted by atomic mass is 14.9. The molecule has 0 spiro atoms. The quantitative estimate of drug-likeness (QED) is 0.606. The summed E-state index contributed by atoms with van der Waals surface area (Å²) >= 11 is 0. The van der Waals surface area contributed by atoms with Crippen LogP contribution < -0.4 is 5.32 Å². The molecular formula is C12H23N. The van der Waals surface area contributed by atoms with E-state index >= 15 is 0 Å². The van der Waals surface area contributed by atoms with Gasteiger partial charge in [0.2, 0.25) is 0 Å². The Kier molecular flexibility index (Phi) is 2.92. The summed E-state index contributed by atoms with van der Waals surface area (Å²) in [6, 6.07) is 0.855. The van der Waals surface area contributed by atoms with Gasteiger partial charge >= 0.3 is 0 Å². The van der Waals surface area contributed by atoms with Crippen molar-refractivity contribution in [1.29, 1.82) is 0 Å². The average Bonchev–Trinajstić information content (AvgIpc) is 2.27. The smallest absolute Gasteiger partial charge is 0.00979 e. The van der Waals surface area contributed by atoms with Crippen molar-refractivity contribution in [1.82, 2.24) is 5.32 Å². The van der Waals surface area contributed by atoms with Gasteiger partial charge in [0.1, 0.15) is 0 Å². The molecule has 1 nitrogen and oxygen atoms in total. The van der Waals surface area contributed by atoms with Crippen LogP contribution in [0.15, 0.2) is 0 Å². The Morgan fingerprint density at radius 1 is 1.08 bits per heavy atom. The van der Waals surface area contributed by atoms with Crippen molar-refractivity contribution >= 4 is 0 Å². The molecule has 0 bridgehead atoms. The standard InChI is InChI=1S/C12H23N/c1-9-5-6-12-11(10(2)8-9)4-3-7-13-12/h9-13H,3-8H2,1-2H3/t9-,10?,11?,12?/m1/s1. The molecule has 0 amide bonds. The van der Waals surface area contributed by atoms with Crippen LogP contribution in [0, 0.1) is 17.8 Å². The van der Waals surface area contributed by atoms with Gasteiger partial charge in [-0.1, -0.05) is 13.8 Å². The van der Waals surface area contributed by atoms with Gasteiger partial charge in [-0.3, -0.25) is 0 Å². The highest BCUT2D eigenvalue weighted by Gasteiger charge is 2.32. The number of nitrogens with one attached hydrogen (secondary N) is 1. The zero-order chi connectivity index (χ0) is 9.26. The first-order valence-electron chi connectivity index (χ1n) is 6.00. The second kappa shape index (κ2) is 4.00. The third-order valence-electron chi connectivity index (χ3n) is 4.11. The van der Waals surface area contributed by atoms with E-state index in [-0.39, 0.29) is 0 Å². The molecule has 2 aliphatic rings. The molecule has 1 heteroatoms. The SMILES string of the molecule is CC1C[C@H](C)CCC2NCCCC12. The van der Waals surface area contributed by atoms with Crippen molar-refractivity contribution in [2.75, 3.05) is 6.54 Å². The van der Waals surface area contributed by atoms with Gasteiger partial charge in [0, 0.05) is 6.04 Å². The second-order valence-corrected chi connectivity index (χ2v) is 5.26. The maximum absolute atomic E-state index is 3.71. The third kappa shape index (κ3) is 2.07. The third-order valence-corrected chi connectivity index (χ3v) is 4.11. The van der Waals surface area contributed by atoms with Crippen LogP contribution in [0.2, 0.25) is 0 Å². The van der Waals surface area contributed by atoms with E-state index in [0.29, 0.717) is 0 Å². The molecule has 1 N–H and O–H groups in total. The number of fused-ring (bicyclic) bond motifs is 1. The lowest BCUT2D eigenvalue weighted by Crippen LogP contribution is -2.42. The Hall–Kier alpha value is -0.0400. The van der Waals surface area contributed by atoms with Crippen molar-refractivity contribution in [2.24, 2.45) is 17.8 Å². The lowest BCUT2D eigenvalue weighted by molar-refractivity contribution is 0.207. The van der Waals surface area contributed by atoms with E-state index in [0.717, 1.165) is 23.8 Å². The van der Waals surface area contributed by atoms with E-state index in [1.165, 1.54) is 38.6 Å². The topological polar surface area (TPSA) is 12.0 Å². The Morgan fingerprint density at radius 2 is 1.92 bits per heavy atom. The van der Waals surface area contributed by atoms with Crippen molar-refractivity contribution in [3.63, 3.8) is 0 Å². The molecule has 2 fully saturated rings. The zero-order valence-corrected chi connectivity index (χ0v) is 9.05. The van der Waals surface area contributed by atoms with Crippen LogP contribution in [0.25, 0.3) is 0 Å². The minimum absolute atomic E-state index is 0.855. The van der Waals surface area contributed by atoms with Crippen molar-refractivity contribution in [3.05, 3.63) is 0 Å². The normalized spacial score (nSPS) is 46.6. The Bertz CT molecular complexity index is 167. The van der Waals surface area contributed by atoms with Crippen LogP contribution in [0.5, 0.6) is 0 Å². The number of hydrogen-bond donors (Lipinski definition) is 1. The molecule has 4 atom stereocenters. The Balaban J connectivity index is 2.03. The molecule has 13 heavy (non-hydrogen) atoms. The number of hydrogen-bond acceptors (Lipinski definition) is 1. The first kappa shape index (κ1) is 9.51. The predicted molar refractivity (Wildman–Crippen MR) is 56.7 cm³/mol. The molecule has 0 radical (unpaired) electrons. The lowest BCUT2D eigenvalue weighted by atomic mass is 9.80. The fourth-order valence-corrected chi connectivity index (χ4v) is 3.37. The van der Waals surface area contributed by atoms with Gasteiger partial charge in [0.05, 0.1) is 0 Å². The van der Waals surface area contributed by atoms with Crippen LogP contribution in [0.4, 0.5) is 0 Å². The fourth-order valence-electron chi connectivity index (χ4n) is 3.37. The van der Waals surface area contributed by atoms with E-state index < -0.39 is 0 Å². The summed E-state index contributed by atoms with van der Waals surface area (Å²) in [6.45, 7) is 6.16. The van der Waals surface area contributed by atoms with Gasteiger partial charge in [-0.15, -0.1) is 0 Å². The van der Waals surface area contributed by atoms with Crippen LogP contribution >= 0.6 is 0 Å². The van der Waals surface area contributed by atoms with Crippen LogP contribution in [-0.2, 0) is 0 Å². The summed E-state index contributed by atoms with van der Waals surface area (Å²) in [7, 11) is 0. The first-order chi connectivity index (χ1) is 6.27. The molecule has 1 aliphatic carbocycles. The lowest BCUT2D eigenvalue weighted by Gasteiger charge is -2.34. The van der Waals surface area contributed by atoms with E-state index in [2.05, 4.69) is 19.2 Å². The maximum atomic E-state index is 3.71. The molecule has 1 saturated heterocycles. The average molecular weight is 181 g/mol.